The van der Waals surface area contributed by atoms with Gasteiger partial charge in [-0.1, -0.05) is 0 Å². The lowest BCUT2D eigenvalue weighted by Crippen LogP contribution is -2.09. The summed E-state index contributed by atoms with van der Waals surface area (Å²) in [5.41, 5.74) is -1.51. The Morgan fingerprint density at radius 2 is 2.23 bits per heavy atom. The van der Waals surface area contributed by atoms with Crippen LogP contribution in [0.25, 0.3) is 0 Å². The van der Waals surface area contributed by atoms with Gasteiger partial charge < -0.3 is 14.8 Å². The number of nitrogens with one attached hydrogen (secondary N) is 1. The second kappa shape index (κ2) is 3.42. The third-order valence-electron chi connectivity index (χ3n) is 1.43. The molecule has 0 aliphatic rings. The minimum atomic E-state index is -2.89. The number of halogens is 2. The van der Waals surface area contributed by atoms with Gasteiger partial charge in [0.25, 0.3) is 12.0 Å². The first-order chi connectivity index (χ1) is 6.06. The number of aromatic hydroxyl groups is 1. The van der Waals surface area contributed by atoms with E-state index in [1.807, 2.05) is 4.98 Å². The van der Waals surface area contributed by atoms with Gasteiger partial charge in [-0.3, -0.25) is 4.79 Å². The van der Waals surface area contributed by atoms with Crippen molar-refractivity contribution in [2.75, 3.05) is 7.11 Å². The highest BCUT2D eigenvalue weighted by atomic mass is 19.3. The minimum Gasteiger partial charge on any atom is -0.504 e. The maximum absolute atomic E-state index is 12.2. The van der Waals surface area contributed by atoms with E-state index in [1.165, 1.54) is 0 Å². The van der Waals surface area contributed by atoms with Crippen LogP contribution < -0.4 is 10.3 Å². The predicted octanol–water partition coefficient (Wildman–Crippen LogP) is 1.03. The summed E-state index contributed by atoms with van der Waals surface area (Å²) in [7, 11) is 1.12. The zero-order chi connectivity index (χ0) is 10.0. The van der Waals surface area contributed by atoms with Gasteiger partial charge in [-0.25, -0.2) is 8.78 Å². The van der Waals surface area contributed by atoms with E-state index in [0.717, 1.165) is 13.2 Å². The molecule has 0 bridgehead atoms. The summed E-state index contributed by atoms with van der Waals surface area (Å²) >= 11 is 0. The van der Waals surface area contributed by atoms with E-state index in [4.69, 9.17) is 5.11 Å². The molecular weight excluding hydrogens is 184 g/mol. The molecule has 0 spiro atoms. The minimum absolute atomic E-state index is 0.408. The van der Waals surface area contributed by atoms with Crippen LogP contribution in [0.15, 0.2) is 10.9 Å². The highest BCUT2D eigenvalue weighted by Gasteiger charge is 2.18. The summed E-state index contributed by atoms with van der Waals surface area (Å²) in [6, 6.07) is 0.769. The SMILES string of the molecule is COc1c(O)cc(=O)[nH]c1C(F)F. The van der Waals surface area contributed by atoms with Crippen LogP contribution in [0.5, 0.6) is 11.5 Å². The molecule has 1 rings (SSSR count). The van der Waals surface area contributed by atoms with Gasteiger partial charge in [-0.05, 0) is 0 Å². The van der Waals surface area contributed by atoms with E-state index in [1.54, 1.807) is 0 Å². The Labute approximate surface area is 71.8 Å². The number of alkyl halides is 2. The average molecular weight is 191 g/mol. The van der Waals surface area contributed by atoms with Crippen LogP contribution in [0.4, 0.5) is 8.78 Å². The summed E-state index contributed by atoms with van der Waals surface area (Å²) in [4.78, 5) is 12.6. The molecule has 0 aliphatic carbocycles. The molecule has 0 saturated carbocycles. The second-order valence-corrected chi connectivity index (χ2v) is 2.27. The molecule has 0 radical (unpaired) electrons. The molecule has 0 aliphatic heterocycles. The van der Waals surface area contributed by atoms with Crippen LogP contribution in [0, 0.1) is 0 Å². The fraction of sp³-hybridized carbons (Fsp3) is 0.286. The number of H-pyrrole nitrogens is 1. The van der Waals surface area contributed by atoms with Crippen molar-refractivity contribution >= 4 is 0 Å². The molecule has 2 N–H and O–H groups in total. The second-order valence-electron chi connectivity index (χ2n) is 2.27. The molecule has 1 heterocycles. The molecule has 1 aromatic heterocycles. The summed E-state index contributed by atoms with van der Waals surface area (Å²) in [5.74, 6) is -1.00. The van der Waals surface area contributed by atoms with Crippen LogP contribution in [0.2, 0.25) is 0 Å². The number of aromatic amines is 1. The van der Waals surface area contributed by atoms with Gasteiger partial charge in [0.15, 0.2) is 11.5 Å². The van der Waals surface area contributed by atoms with Gasteiger partial charge in [0.05, 0.1) is 7.11 Å². The van der Waals surface area contributed by atoms with Crippen molar-refractivity contribution in [3.05, 3.63) is 22.1 Å². The van der Waals surface area contributed by atoms with Crippen molar-refractivity contribution in [2.45, 2.75) is 6.43 Å². The van der Waals surface area contributed by atoms with Gasteiger partial charge in [0.1, 0.15) is 5.69 Å². The Balaban J connectivity index is 3.38. The molecular formula is C7H7F2NO3. The number of methoxy groups -OCH3 is 1. The summed E-state index contributed by atoms with van der Waals surface area (Å²) in [5, 5.41) is 9.04. The maximum Gasteiger partial charge on any atom is 0.282 e. The molecule has 0 aromatic carbocycles. The maximum atomic E-state index is 12.2. The van der Waals surface area contributed by atoms with Crippen molar-refractivity contribution in [3.8, 4) is 11.5 Å². The number of hydrogen-bond donors (Lipinski definition) is 2. The first kappa shape index (κ1) is 9.50. The fourth-order valence-electron chi connectivity index (χ4n) is 0.921. The molecule has 0 atom stereocenters. The molecule has 0 saturated heterocycles. The van der Waals surface area contributed by atoms with Crippen LogP contribution in [0.3, 0.4) is 0 Å². The Morgan fingerprint density at radius 1 is 1.62 bits per heavy atom. The van der Waals surface area contributed by atoms with Crippen molar-refractivity contribution in [2.24, 2.45) is 0 Å². The van der Waals surface area contributed by atoms with E-state index in [9.17, 15) is 13.6 Å². The molecule has 13 heavy (non-hydrogen) atoms. The fourth-order valence-corrected chi connectivity index (χ4v) is 0.921. The number of aromatic nitrogens is 1. The van der Waals surface area contributed by atoms with E-state index >= 15 is 0 Å². The van der Waals surface area contributed by atoms with E-state index in [-0.39, 0.29) is 0 Å². The van der Waals surface area contributed by atoms with E-state index in [2.05, 4.69) is 4.74 Å². The molecule has 72 valence electrons. The Kier molecular flexibility index (Phi) is 2.50. The highest BCUT2D eigenvalue weighted by Crippen LogP contribution is 2.32. The number of hydrogen-bond acceptors (Lipinski definition) is 3. The predicted molar refractivity (Wildman–Crippen MR) is 40.2 cm³/mol. The first-order valence-electron chi connectivity index (χ1n) is 3.34. The van der Waals surface area contributed by atoms with Gasteiger partial charge in [0.2, 0.25) is 0 Å². The van der Waals surface area contributed by atoms with Crippen molar-refractivity contribution in [1.82, 2.24) is 4.98 Å². The summed E-state index contributed by atoms with van der Waals surface area (Å²) < 4.78 is 28.9. The van der Waals surface area contributed by atoms with Crippen molar-refractivity contribution in [3.63, 3.8) is 0 Å². The lowest BCUT2D eigenvalue weighted by molar-refractivity contribution is 0.140. The zero-order valence-corrected chi connectivity index (χ0v) is 6.67. The Morgan fingerprint density at radius 3 is 2.69 bits per heavy atom. The molecule has 6 heteroatoms. The quantitative estimate of drug-likeness (QED) is 0.733. The van der Waals surface area contributed by atoms with Crippen molar-refractivity contribution < 1.29 is 18.6 Å². The first-order valence-corrected chi connectivity index (χ1v) is 3.34. The third-order valence-corrected chi connectivity index (χ3v) is 1.43. The zero-order valence-electron chi connectivity index (χ0n) is 6.67. The molecule has 4 nitrogen and oxygen atoms in total. The highest BCUT2D eigenvalue weighted by molar-refractivity contribution is 5.41. The van der Waals surface area contributed by atoms with Crippen LogP contribution >= 0.6 is 0 Å². The van der Waals surface area contributed by atoms with Gasteiger partial charge >= 0.3 is 0 Å². The topological polar surface area (TPSA) is 62.3 Å². The van der Waals surface area contributed by atoms with Crippen LogP contribution in [-0.4, -0.2) is 17.2 Å². The van der Waals surface area contributed by atoms with Crippen LogP contribution in [-0.2, 0) is 0 Å². The Bertz CT molecular complexity index is 361. The van der Waals surface area contributed by atoms with Gasteiger partial charge in [-0.15, -0.1) is 0 Å². The van der Waals surface area contributed by atoms with E-state index in [0.29, 0.717) is 0 Å². The Hall–Kier alpha value is -1.59. The molecule has 0 fully saturated rings. The monoisotopic (exact) mass is 191 g/mol. The van der Waals surface area contributed by atoms with Crippen LogP contribution in [0.1, 0.15) is 12.1 Å². The smallest absolute Gasteiger partial charge is 0.282 e. The summed E-state index contributed by atoms with van der Waals surface area (Å²) in [6.07, 6.45) is -2.89. The summed E-state index contributed by atoms with van der Waals surface area (Å²) in [6.45, 7) is 0. The van der Waals surface area contributed by atoms with Gasteiger partial charge in [-0.2, -0.15) is 0 Å². The largest absolute Gasteiger partial charge is 0.504 e. The number of pyridine rings is 1. The standard InChI is InChI=1S/C7H7F2NO3/c1-13-6-3(11)2-4(12)10-5(6)7(8)9/h2,7H,1H3,(H2,10,11,12). The molecule has 0 amide bonds. The number of ether oxygens (including phenoxy) is 1. The lowest BCUT2D eigenvalue weighted by atomic mass is 10.3. The normalized spacial score (nSPS) is 10.5. The average Bonchev–Trinajstić information content (AvgIpc) is 2.02. The number of rotatable bonds is 2. The molecule has 1 aromatic rings. The van der Waals surface area contributed by atoms with Gasteiger partial charge in [0, 0.05) is 6.07 Å². The van der Waals surface area contributed by atoms with Crippen molar-refractivity contribution in [1.29, 1.82) is 0 Å². The van der Waals surface area contributed by atoms with E-state index < -0.39 is 29.2 Å². The third kappa shape index (κ3) is 1.77. The lowest BCUT2D eigenvalue weighted by Gasteiger charge is -2.07. The molecule has 0 unspecified atom stereocenters.